The first-order valence-corrected chi connectivity index (χ1v) is 8.77. The molecule has 0 aliphatic heterocycles. The lowest BCUT2D eigenvalue weighted by molar-refractivity contribution is -0.116. The number of nitrogens with zero attached hydrogens (tertiary/aromatic N) is 2. The molecule has 0 N–H and O–H groups in total. The SMILES string of the molecule is CCc1nn(C)c(CC(=O)CSc2cccc(Cl)c2)c1Br. The molecule has 1 aromatic heterocycles. The van der Waals surface area contributed by atoms with E-state index in [4.69, 9.17) is 11.6 Å². The molecule has 0 radical (unpaired) electrons. The highest BCUT2D eigenvalue weighted by molar-refractivity contribution is 9.10. The van der Waals surface area contributed by atoms with Gasteiger partial charge in [0.25, 0.3) is 0 Å². The Labute approximate surface area is 142 Å². The third kappa shape index (κ3) is 4.34. The Morgan fingerprint density at radius 2 is 2.24 bits per heavy atom. The Morgan fingerprint density at radius 3 is 2.86 bits per heavy atom. The van der Waals surface area contributed by atoms with Crippen LogP contribution < -0.4 is 0 Å². The first-order chi connectivity index (χ1) is 10.0. The minimum absolute atomic E-state index is 0.173. The predicted molar refractivity (Wildman–Crippen MR) is 91.2 cm³/mol. The topological polar surface area (TPSA) is 34.9 Å². The predicted octanol–water partition coefficient (Wildman–Crippen LogP) is 4.30. The second-order valence-electron chi connectivity index (χ2n) is 4.65. The Hall–Kier alpha value is -0.780. The number of hydrogen-bond acceptors (Lipinski definition) is 3. The number of thioether (sulfide) groups is 1. The van der Waals surface area contributed by atoms with Crippen molar-refractivity contribution < 1.29 is 4.79 Å². The lowest BCUT2D eigenvalue weighted by atomic mass is 10.2. The van der Waals surface area contributed by atoms with Gasteiger partial charge >= 0.3 is 0 Å². The molecule has 0 atom stereocenters. The normalized spacial score (nSPS) is 10.9. The van der Waals surface area contributed by atoms with Gasteiger partial charge in [-0.2, -0.15) is 5.10 Å². The summed E-state index contributed by atoms with van der Waals surface area (Å²) in [5.41, 5.74) is 1.92. The number of carbonyl (C=O) groups is 1. The summed E-state index contributed by atoms with van der Waals surface area (Å²) in [6.07, 6.45) is 1.23. The van der Waals surface area contributed by atoms with Crippen molar-refractivity contribution >= 4 is 45.1 Å². The molecule has 0 aliphatic carbocycles. The van der Waals surface area contributed by atoms with Gasteiger partial charge in [-0.25, -0.2) is 0 Å². The molecule has 2 aromatic rings. The Balaban J connectivity index is 1.98. The summed E-state index contributed by atoms with van der Waals surface area (Å²) >= 11 is 11.0. The van der Waals surface area contributed by atoms with Crippen molar-refractivity contribution in [2.75, 3.05) is 5.75 Å². The molecule has 0 amide bonds. The number of benzene rings is 1. The largest absolute Gasteiger partial charge is 0.298 e. The lowest BCUT2D eigenvalue weighted by Crippen LogP contribution is -2.10. The van der Waals surface area contributed by atoms with Crippen LogP contribution in [0.15, 0.2) is 33.6 Å². The van der Waals surface area contributed by atoms with Crippen molar-refractivity contribution in [3.63, 3.8) is 0 Å². The van der Waals surface area contributed by atoms with E-state index in [0.29, 0.717) is 17.2 Å². The van der Waals surface area contributed by atoms with E-state index in [-0.39, 0.29) is 5.78 Å². The lowest BCUT2D eigenvalue weighted by Gasteiger charge is -2.04. The standard InChI is InChI=1S/C15H16BrClN2OS/c1-3-13-15(16)14(19(2)18-13)8-11(20)9-21-12-6-4-5-10(17)7-12/h4-7H,3,8-9H2,1-2H3. The molecule has 0 unspecified atom stereocenters. The molecule has 1 aromatic carbocycles. The maximum absolute atomic E-state index is 12.2. The summed E-state index contributed by atoms with van der Waals surface area (Å²) < 4.78 is 2.74. The second-order valence-corrected chi connectivity index (χ2v) is 6.92. The molecule has 2 rings (SSSR count). The summed E-state index contributed by atoms with van der Waals surface area (Å²) in [4.78, 5) is 13.2. The highest BCUT2D eigenvalue weighted by Crippen LogP contribution is 2.24. The first-order valence-electron chi connectivity index (χ1n) is 6.61. The van der Waals surface area contributed by atoms with Gasteiger partial charge in [-0.1, -0.05) is 24.6 Å². The highest BCUT2D eigenvalue weighted by atomic mass is 79.9. The number of rotatable bonds is 6. The van der Waals surface area contributed by atoms with Crippen molar-refractivity contribution in [1.82, 2.24) is 9.78 Å². The van der Waals surface area contributed by atoms with Crippen molar-refractivity contribution in [2.45, 2.75) is 24.7 Å². The zero-order valence-electron chi connectivity index (χ0n) is 11.9. The number of aryl methyl sites for hydroxylation is 2. The smallest absolute Gasteiger partial charge is 0.149 e. The monoisotopic (exact) mass is 386 g/mol. The van der Waals surface area contributed by atoms with E-state index >= 15 is 0 Å². The van der Waals surface area contributed by atoms with E-state index in [1.54, 1.807) is 4.68 Å². The first kappa shape index (κ1) is 16.6. The molecule has 0 bridgehead atoms. The third-order valence-corrected chi connectivity index (χ3v) is 5.27. The van der Waals surface area contributed by atoms with E-state index in [0.717, 1.165) is 27.2 Å². The van der Waals surface area contributed by atoms with E-state index in [1.807, 2.05) is 38.2 Å². The number of carbonyl (C=O) groups excluding carboxylic acids is 1. The summed E-state index contributed by atoms with van der Waals surface area (Å²) in [6, 6.07) is 7.54. The zero-order valence-corrected chi connectivity index (χ0v) is 15.1. The fourth-order valence-corrected chi connectivity index (χ4v) is 3.80. The summed E-state index contributed by atoms with van der Waals surface area (Å²) in [6.45, 7) is 2.05. The van der Waals surface area contributed by atoms with Crippen LogP contribution in [-0.2, 0) is 24.7 Å². The molecule has 6 heteroatoms. The van der Waals surface area contributed by atoms with Gasteiger partial charge in [0.1, 0.15) is 5.78 Å². The van der Waals surface area contributed by atoms with Crippen molar-refractivity contribution in [3.8, 4) is 0 Å². The fourth-order valence-electron chi connectivity index (χ4n) is 1.97. The molecule has 112 valence electrons. The number of hydrogen-bond donors (Lipinski definition) is 0. The number of aromatic nitrogens is 2. The summed E-state index contributed by atoms with van der Waals surface area (Å²) in [5.74, 6) is 0.603. The molecule has 0 aliphatic rings. The molecule has 0 saturated heterocycles. The van der Waals surface area contributed by atoms with Crippen LogP contribution in [0.5, 0.6) is 0 Å². The molecular formula is C15H16BrClN2OS. The van der Waals surface area contributed by atoms with Crippen LogP contribution in [0.3, 0.4) is 0 Å². The zero-order chi connectivity index (χ0) is 15.4. The van der Waals surface area contributed by atoms with Crippen molar-refractivity contribution in [1.29, 1.82) is 0 Å². The fraction of sp³-hybridized carbons (Fsp3) is 0.333. The van der Waals surface area contributed by atoms with Crippen LogP contribution >= 0.6 is 39.3 Å². The molecule has 0 spiro atoms. The second kappa shape index (κ2) is 7.47. The van der Waals surface area contributed by atoms with Gasteiger partial charge in [0.15, 0.2) is 0 Å². The van der Waals surface area contributed by atoms with Crippen LogP contribution in [0, 0.1) is 0 Å². The molecule has 3 nitrogen and oxygen atoms in total. The Bertz CT molecular complexity index is 657. The van der Waals surface area contributed by atoms with Gasteiger partial charge in [0.05, 0.1) is 28.0 Å². The van der Waals surface area contributed by atoms with Crippen LogP contribution in [-0.4, -0.2) is 21.3 Å². The van der Waals surface area contributed by atoms with Crippen LogP contribution in [0.25, 0.3) is 0 Å². The summed E-state index contributed by atoms with van der Waals surface area (Å²) in [5, 5.41) is 5.09. The highest BCUT2D eigenvalue weighted by Gasteiger charge is 2.15. The van der Waals surface area contributed by atoms with Crippen LogP contribution in [0.2, 0.25) is 5.02 Å². The van der Waals surface area contributed by atoms with Crippen LogP contribution in [0.4, 0.5) is 0 Å². The van der Waals surface area contributed by atoms with E-state index in [1.165, 1.54) is 11.8 Å². The van der Waals surface area contributed by atoms with E-state index < -0.39 is 0 Å². The maximum Gasteiger partial charge on any atom is 0.149 e. The number of halogens is 2. The number of ketones is 1. The van der Waals surface area contributed by atoms with Gasteiger partial charge in [-0.3, -0.25) is 9.48 Å². The van der Waals surface area contributed by atoms with Crippen molar-refractivity contribution in [2.24, 2.45) is 7.05 Å². The van der Waals surface area contributed by atoms with E-state index in [2.05, 4.69) is 21.0 Å². The molecule has 21 heavy (non-hydrogen) atoms. The van der Waals surface area contributed by atoms with Crippen LogP contribution in [0.1, 0.15) is 18.3 Å². The molecule has 1 heterocycles. The average Bonchev–Trinajstić information content (AvgIpc) is 2.72. The van der Waals surface area contributed by atoms with Gasteiger partial charge < -0.3 is 0 Å². The minimum atomic E-state index is 0.173. The molecule has 0 fully saturated rings. The minimum Gasteiger partial charge on any atom is -0.298 e. The maximum atomic E-state index is 12.2. The van der Waals surface area contributed by atoms with Gasteiger partial charge in [-0.05, 0) is 40.5 Å². The van der Waals surface area contributed by atoms with E-state index in [9.17, 15) is 4.79 Å². The Kier molecular flexibility index (Phi) is 5.90. The summed E-state index contributed by atoms with van der Waals surface area (Å²) in [7, 11) is 1.87. The number of Topliss-reactive ketones (excluding diaryl/α,β-unsaturated/α-hetero) is 1. The quantitative estimate of drug-likeness (QED) is 0.693. The third-order valence-electron chi connectivity index (χ3n) is 3.06. The van der Waals surface area contributed by atoms with Gasteiger partial charge in [-0.15, -0.1) is 11.8 Å². The van der Waals surface area contributed by atoms with Gasteiger partial charge in [0.2, 0.25) is 0 Å². The van der Waals surface area contributed by atoms with Gasteiger partial charge in [0, 0.05) is 17.0 Å². The molecule has 0 saturated carbocycles. The average molecular weight is 388 g/mol. The van der Waals surface area contributed by atoms with Crippen molar-refractivity contribution in [3.05, 3.63) is 45.1 Å². The molecular weight excluding hydrogens is 372 g/mol. The Morgan fingerprint density at radius 1 is 1.48 bits per heavy atom.